The highest BCUT2D eigenvalue weighted by Gasteiger charge is 2.44. The van der Waals surface area contributed by atoms with E-state index in [4.69, 9.17) is 21.1 Å². The number of hydrogen-bond donors (Lipinski definition) is 1. The Morgan fingerprint density at radius 3 is 2.59 bits per heavy atom. The number of carbonyl (C=O) groups is 1. The standard InChI is InChI=1S/C21H23ClFNO3/c1-26-12-13-27-19-9-8-15(14-17(19)22)24-20(25)21(10-4-5-11-21)16-6-2-3-7-18(16)23/h2-3,6-9,14H,4-5,10-13H2,1H3,(H,24,25). The van der Waals surface area contributed by atoms with E-state index in [0.717, 1.165) is 12.8 Å². The van der Waals surface area contributed by atoms with Crippen LogP contribution in [0.1, 0.15) is 31.2 Å². The van der Waals surface area contributed by atoms with Crippen molar-refractivity contribution < 1.29 is 18.7 Å². The van der Waals surface area contributed by atoms with E-state index in [0.29, 0.717) is 48.1 Å². The number of anilines is 1. The van der Waals surface area contributed by atoms with Crippen molar-refractivity contribution in [1.29, 1.82) is 0 Å². The van der Waals surface area contributed by atoms with Gasteiger partial charge in [0, 0.05) is 18.4 Å². The van der Waals surface area contributed by atoms with Gasteiger partial charge in [-0.1, -0.05) is 42.6 Å². The Kier molecular flexibility index (Phi) is 6.34. The third-order valence-corrected chi connectivity index (χ3v) is 5.31. The highest BCUT2D eigenvalue weighted by molar-refractivity contribution is 6.32. The van der Waals surface area contributed by atoms with Crippen molar-refractivity contribution >= 4 is 23.2 Å². The molecule has 0 atom stereocenters. The predicted molar refractivity (Wildman–Crippen MR) is 104 cm³/mol. The molecule has 6 heteroatoms. The molecule has 27 heavy (non-hydrogen) atoms. The second-order valence-electron chi connectivity index (χ2n) is 6.71. The maximum Gasteiger partial charge on any atom is 0.235 e. The molecular formula is C21H23ClFNO3. The molecule has 1 aliphatic rings. The number of benzene rings is 2. The summed E-state index contributed by atoms with van der Waals surface area (Å²) >= 11 is 6.25. The maximum absolute atomic E-state index is 14.4. The Morgan fingerprint density at radius 2 is 1.93 bits per heavy atom. The fraction of sp³-hybridized carbons (Fsp3) is 0.381. The van der Waals surface area contributed by atoms with Crippen LogP contribution in [0.15, 0.2) is 42.5 Å². The lowest BCUT2D eigenvalue weighted by molar-refractivity contribution is -0.121. The quantitative estimate of drug-likeness (QED) is 0.679. The van der Waals surface area contributed by atoms with Crippen molar-refractivity contribution in [3.63, 3.8) is 0 Å². The van der Waals surface area contributed by atoms with Gasteiger partial charge in [0.05, 0.1) is 17.0 Å². The van der Waals surface area contributed by atoms with Crippen LogP contribution in [0.5, 0.6) is 5.75 Å². The molecule has 0 aromatic heterocycles. The third kappa shape index (κ3) is 4.25. The van der Waals surface area contributed by atoms with Crippen LogP contribution in [0.25, 0.3) is 0 Å². The number of carbonyl (C=O) groups excluding carboxylic acids is 1. The largest absolute Gasteiger partial charge is 0.490 e. The minimum atomic E-state index is -0.842. The molecule has 4 nitrogen and oxygen atoms in total. The second kappa shape index (κ2) is 8.72. The first-order valence-corrected chi connectivity index (χ1v) is 9.42. The molecule has 0 radical (unpaired) electrons. The summed E-state index contributed by atoms with van der Waals surface area (Å²) in [6, 6.07) is 11.6. The molecule has 2 aromatic carbocycles. The van der Waals surface area contributed by atoms with Crippen LogP contribution < -0.4 is 10.1 Å². The molecule has 0 unspecified atom stereocenters. The number of halogens is 2. The topological polar surface area (TPSA) is 47.6 Å². The molecule has 0 aliphatic heterocycles. The molecule has 144 valence electrons. The average Bonchev–Trinajstić information content (AvgIpc) is 3.15. The number of ether oxygens (including phenoxy) is 2. The van der Waals surface area contributed by atoms with E-state index in [1.165, 1.54) is 6.07 Å². The SMILES string of the molecule is COCCOc1ccc(NC(=O)C2(c3ccccc3F)CCCC2)cc1Cl. The van der Waals surface area contributed by atoms with Gasteiger partial charge < -0.3 is 14.8 Å². The Bertz CT molecular complexity index is 806. The summed E-state index contributed by atoms with van der Waals surface area (Å²) in [5, 5.41) is 3.31. The number of nitrogens with one attached hydrogen (secondary N) is 1. The predicted octanol–water partition coefficient (Wildman–Crippen LogP) is 4.95. The Morgan fingerprint density at radius 1 is 1.19 bits per heavy atom. The smallest absolute Gasteiger partial charge is 0.235 e. The number of methoxy groups -OCH3 is 1. The van der Waals surface area contributed by atoms with Gasteiger partial charge in [0.1, 0.15) is 18.2 Å². The molecule has 0 heterocycles. The molecular weight excluding hydrogens is 369 g/mol. The van der Waals surface area contributed by atoms with E-state index in [1.807, 2.05) is 0 Å². The number of amides is 1. The Balaban J connectivity index is 1.79. The lowest BCUT2D eigenvalue weighted by atomic mass is 9.77. The van der Waals surface area contributed by atoms with Gasteiger partial charge in [0.15, 0.2) is 0 Å². The van der Waals surface area contributed by atoms with Gasteiger partial charge in [0.2, 0.25) is 5.91 Å². The minimum Gasteiger partial charge on any atom is -0.490 e. The zero-order valence-electron chi connectivity index (χ0n) is 15.3. The van der Waals surface area contributed by atoms with E-state index in [-0.39, 0.29) is 11.7 Å². The first-order chi connectivity index (χ1) is 13.1. The van der Waals surface area contributed by atoms with Gasteiger partial charge in [-0.2, -0.15) is 0 Å². The van der Waals surface area contributed by atoms with Crippen molar-refractivity contribution in [2.45, 2.75) is 31.1 Å². The van der Waals surface area contributed by atoms with E-state index < -0.39 is 5.41 Å². The summed E-state index contributed by atoms with van der Waals surface area (Å²) < 4.78 is 24.9. The van der Waals surface area contributed by atoms with Gasteiger partial charge in [0.25, 0.3) is 0 Å². The minimum absolute atomic E-state index is 0.200. The van der Waals surface area contributed by atoms with Gasteiger partial charge in [-0.15, -0.1) is 0 Å². The van der Waals surface area contributed by atoms with Crippen molar-refractivity contribution in [2.24, 2.45) is 0 Å². The first kappa shape index (κ1) is 19.6. The van der Waals surface area contributed by atoms with Crippen LogP contribution in [0, 0.1) is 5.82 Å². The third-order valence-electron chi connectivity index (χ3n) is 5.02. The van der Waals surface area contributed by atoms with Crippen LogP contribution in [0.2, 0.25) is 5.02 Å². The van der Waals surface area contributed by atoms with Crippen molar-refractivity contribution in [3.8, 4) is 5.75 Å². The van der Waals surface area contributed by atoms with Gasteiger partial charge in [-0.3, -0.25) is 4.79 Å². The van der Waals surface area contributed by atoms with Crippen LogP contribution >= 0.6 is 11.6 Å². The maximum atomic E-state index is 14.4. The molecule has 0 spiro atoms. The van der Waals surface area contributed by atoms with Crippen molar-refractivity contribution in [1.82, 2.24) is 0 Å². The highest BCUT2D eigenvalue weighted by atomic mass is 35.5. The number of rotatable bonds is 7. The van der Waals surface area contributed by atoms with Gasteiger partial charge in [-0.25, -0.2) is 4.39 Å². The highest BCUT2D eigenvalue weighted by Crippen LogP contribution is 2.43. The zero-order valence-corrected chi connectivity index (χ0v) is 16.0. The molecule has 3 rings (SSSR count). The van der Waals surface area contributed by atoms with Crippen LogP contribution in [-0.4, -0.2) is 26.2 Å². The first-order valence-electron chi connectivity index (χ1n) is 9.04. The lowest BCUT2D eigenvalue weighted by Crippen LogP contribution is -2.38. The van der Waals surface area contributed by atoms with Crippen LogP contribution in [0.4, 0.5) is 10.1 Å². The summed E-state index contributed by atoms with van der Waals surface area (Å²) in [4.78, 5) is 13.1. The molecule has 1 aliphatic carbocycles. The molecule has 1 saturated carbocycles. The summed E-state index contributed by atoms with van der Waals surface area (Å²) in [5.74, 6) is -0.0138. The normalized spacial score (nSPS) is 15.5. The Labute approximate surface area is 163 Å². The van der Waals surface area contributed by atoms with Crippen molar-refractivity contribution in [2.75, 3.05) is 25.6 Å². The summed E-state index contributed by atoms with van der Waals surface area (Å²) in [6.07, 6.45) is 3.06. The molecule has 2 aromatic rings. The molecule has 1 N–H and O–H groups in total. The van der Waals surface area contributed by atoms with Crippen LogP contribution in [0.3, 0.4) is 0 Å². The van der Waals surface area contributed by atoms with Crippen LogP contribution in [-0.2, 0) is 14.9 Å². The molecule has 0 bridgehead atoms. The molecule has 1 fully saturated rings. The zero-order chi connectivity index (χ0) is 19.3. The molecule has 1 amide bonds. The summed E-state index contributed by atoms with van der Waals surface area (Å²) in [7, 11) is 1.60. The fourth-order valence-electron chi connectivity index (χ4n) is 3.63. The summed E-state index contributed by atoms with van der Waals surface area (Å²) in [5.41, 5.74) is 0.183. The fourth-order valence-corrected chi connectivity index (χ4v) is 3.86. The van der Waals surface area contributed by atoms with Crippen molar-refractivity contribution in [3.05, 3.63) is 58.9 Å². The summed E-state index contributed by atoms with van der Waals surface area (Å²) in [6.45, 7) is 0.846. The van der Waals surface area contributed by atoms with Gasteiger partial charge in [-0.05, 0) is 37.1 Å². The lowest BCUT2D eigenvalue weighted by Gasteiger charge is -2.28. The molecule has 0 saturated heterocycles. The van der Waals surface area contributed by atoms with E-state index in [2.05, 4.69) is 5.32 Å². The van der Waals surface area contributed by atoms with Gasteiger partial charge >= 0.3 is 0 Å². The Hall–Kier alpha value is -2.11. The average molecular weight is 392 g/mol. The number of hydrogen-bond acceptors (Lipinski definition) is 3. The second-order valence-corrected chi connectivity index (χ2v) is 7.12. The van der Waals surface area contributed by atoms with E-state index in [1.54, 1.807) is 43.5 Å². The van der Waals surface area contributed by atoms with E-state index >= 15 is 0 Å². The van der Waals surface area contributed by atoms with E-state index in [9.17, 15) is 9.18 Å². The monoisotopic (exact) mass is 391 g/mol.